The van der Waals surface area contributed by atoms with E-state index in [1.807, 2.05) is 6.92 Å². The van der Waals surface area contributed by atoms with Crippen LogP contribution in [0.25, 0.3) is 0 Å². The maximum atomic E-state index is 6.29. The van der Waals surface area contributed by atoms with Crippen LogP contribution < -0.4 is 5.32 Å². The van der Waals surface area contributed by atoms with E-state index in [1.165, 1.54) is 16.7 Å². The topological polar surface area (TPSA) is 12.0 Å². The second-order valence-electron chi connectivity index (χ2n) is 5.25. The second-order valence-corrected chi connectivity index (χ2v) is 5.66. The Morgan fingerprint density at radius 3 is 2.45 bits per heavy atom. The molecular weight excluding hydrogens is 266 g/mol. The fourth-order valence-corrected chi connectivity index (χ4v) is 2.58. The first-order valence-electron chi connectivity index (χ1n) is 7.18. The van der Waals surface area contributed by atoms with Crippen molar-refractivity contribution in [1.82, 2.24) is 5.32 Å². The van der Waals surface area contributed by atoms with Gasteiger partial charge >= 0.3 is 0 Å². The number of hydrogen-bond donors (Lipinski definition) is 1. The van der Waals surface area contributed by atoms with Gasteiger partial charge in [0.25, 0.3) is 0 Å². The molecule has 106 valence electrons. The summed E-state index contributed by atoms with van der Waals surface area (Å²) in [6.45, 7) is 7.37. The van der Waals surface area contributed by atoms with E-state index in [2.05, 4.69) is 61.6 Å². The highest BCUT2D eigenvalue weighted by molar-refractivity contribution is 6.31. The van der Waals surface area contributed by atoms with Crippen molar-refractivity contribution >= 4 is 11.6 Å². The predicted molar refractivity (Wildman–Crippen MR) is 87.5 cm³/mol. The number of halogens is 1. The highest BCUT2D eigenvalue weighted by Crippen LogP contribution is 2.28. The third-order valence-electron chi connectivity index (χ3n) is 3.63. The van der Waals surface area contributed by atoms with E-state index in [0.29, 0.717) is 0 Å². The first-order chi connectivity index (χ1) is 9.63. The van der Waals surface area contributed by atoms with E-state index >= 15 is 0 Å². The zero-order valence-electron chi connectivity index (χ0n) is 12.4. The third-order valence-corrected chi connectivity index (χ3v) is 4.03. The molecule has 0 aromatic heterocycles. The van der Waals surface area contributed by atoms with Crippen LogP contribution in [-0.4, -0.2) is 6.54 Å². The van der Waals surface area contributed by atoms with Crippen molar-refractivity contribution in [3.63, 3.8) is 0 Å². The molecule has 1 nitrogen and oxygen atoms in total. The van der Waals surface area contributed by atoms with Crippen LogP contribution in [0.2, 0.25) is 5.02 Å². The predicted octanol–water partition coefficient (Wildman–Crippen LogP) is 5.05. The standard InChI is InChI=1S/C18H22ClN/c1-4-11-20-18(16-8-6-5-7-13(16)2)15-10-9-14(3)17(19)12-15/h5-10,12,18,20H,4,11H2,1-3H3. The molecule has 2 rings (SSSR count). The van der Waals surface area contributed by atoms with E-state index < -0.39 is 0 Å². The summed E-state index contributed by atoms with van der Waals surface area (Å²) >= 11 is 6.29. The summed E-state index contributed by atoms with van der Waals surface area (Å²) in [5.74, 6) is 0. The highest BCUT2D eigenvalue weighted by Gasteiger charge is 2.15. The molecule has 1 atom stereocenters. The van der Waals surface area contributed by atoms with Gasteiger partial charge in [0.2, 0.25) is 0 Å². The lowest BCUT2D eigenvalue weighted by atomic mass is 9.94. The number of aryl methyl sites for hydroxylation is 2. The Morgan fingerprint density at radius 1 is 1.05 bits per heavy atom. The summed E-state index contributed by atoms with van der Waals surface area (Å²) in [6.07, 6.45) is 1.11. The van der Waals surface area contributed by atoms with Gasteiger partial charge in [0.05, 0.1) is 6.04 Å². The van der Waals surface area contributed by atoms with Gasteiger partial charge in [0, 0.05) is 5.02 Å². The normalized spacial score (nSPS) is 12.4. The Kier molecular flexibility index (Phi) is 5.22. The van der Waals surface area contributed by atoms with E-state index in [9.17, 15) is 0 Å². The van der Waals surface area contributed by atoms with Gasteiger partial charge in [0.1, 0.15) is 0 Å². The van der Waals surface area contributed by atoms with Gasteiger partial charge < -0.3 is 5.32 Å². The molecule has 2 heteroatoms. The lowest BCUT2D eigenvalue weighted by molar-refractivity contribution is 0.596. The Hall–Kier alpha value is -1.31. The van der Waals surface area contributed by atoms with Crippen LogP contribution >= 0.6 is 11.6 Å². The van der Waals surface area contributed by atoms with Gasteiger partial charge in [-0.2, -0.15) is 0 Å². The molecule has 0 radical (unpaired) electrons. The quantitative estimate of drug-likeness (QED) is 0.812. The lowest BCUT2D eigenvalue weighted by Crippen LogP contribution is -2.24. The van der Waals surface area contributed by atoms with Crippen molar-refractivity contribution in [1.29, 1.82) is 0 Å². The SMILES string of the molecule is CCCNC(c1ccc(C)c(Cl)c1)c1ccccc1C. The Balaban J connectivity index is 2.41. The Labute approximate surface area is 127 Å². The smallest absolute Gasteiger partial charge is 0.0579 e. The van der Waals surface area contributed by atoms with Crippen LogP contribution in [0.4, 0.5) is 0 Å². The summed E-state index contributed by atoms with van der Waals surface area (Å²) in [7, 11) is 0. The van der Waals surface area contributed by atoms with Crippen molar-refractivity contribution in [3.8, 4) is 0 Å². The van der Waals surface area contributed by atoms with Gasteiger partial charge in [0.15, 0.2) is 0 Å². The summed E-state index contributed by atoms with van der Waals surface area (Å²) in [4.78, 5) is 0. The minimum Gasteiger partial charge on any atom is -0.306 e. The third kappa shape index (κ3) is 3.41. The highest BCUT2D eigenvalue weighted by atomic mass is 35.5. The molecule has 0 spiro atoms. The van der Waals surface area contributed by atoms with Crippen molar-refractivity contribution in [2.45, 2.75) is 33.2 Å². The van der Waals surface area contributed by atoms with Crippen LogP contribution in [0, 0.1) is 13.8 Å². The minimum atomic E-state index is 0.203. The first kappa shape index (κ1) is 15.1. The van der Waals surface area contributed by atoms with E-state index in [4.69, 9.17) is 11.6 Å². The van der Waals surface area contributed by atoms with Gasteiger partial charge in [-0.1, -0.05) is 54.9 Å². The maximum absolute atomic E-state index is 6.29. The fraction of sp³-hybridized carbons (Fsp3) is 0.333. The van der Waals surface area contributed by atoms with Gasteiger partial charge in [-0.15, -0.1) is 0 Å². The maximum Gasteiger partial charge on any atom is 0.0579 e. The summed E-state index contributed by atoms with van der Waals surface area (Å²) < 4.78 is 0. The largest absolute Gasteiger partial charge is 0.306 e. The molecule has 0 heterocycles. The average Bonchev–Trinajstić information content (AvgIpc) is 2.44. The lowest BCUT2D eigenvalue weighted by Gasteiger charge is -2.22. The van der Waals surface area contributed by atoms with Gasteiger partial charge in [-0.05, 0) is 55.1 Å². The minimum absolute atomic E-state index is 0.203. The number of nitrogens with one attached hydrogen (secondary N) is 1. The molecule has 2 aromatic rings. The number of hydrogen-bond acceptors (Lipinski definition) is 1. The molecule has 0 aliphatic rings. The molecular formula is C18H22ClN. The molecule has 1 N–H and O–H groups in total. The zero-order valence-corrected chi connectivity index (χ0v) is 13.2. The van der Waals surface area contributed by atoms with Crippen LogP contribution in [0.3, 0.4) is 0 Å². The van der Waals surface area contributed by atoms with E-state index in [1.54, 1.807) is 0 Å². The zero-order chi connectivity index (χ0) is 14.5. The Morgan fingerprint density at radius 2 is 1.80 bits per heavy atom. The van der Waals surface area contributed by atoms with Crippen LogP contribution in [0.5, 0.6) is 0 Å². The molecule has 1 unspecified atom stereocenters. The molecule has 0 amide bonds. The van der Waals surface area contributed by atoms with Crippen molar-refractivity contribution in [3.05, 3.63) is 69.7 Å². The Bertz CT molecular complexity index is 577. The van der Waals surface area contributed by atoms with Crippen LogP contribution in [0.1, 0.15) is 41.6 Å². The van der Waals surface area contributed by atoms with E-state index in [0.717, 1.165) is 23.6 Å². The van der Waals surface area contributed by atoms with Gasteiger partial charge in [-0.3, -0.25) is 0 Å². The van der Waals surface area contributed by atoms with Crippen molar-refractivity contribution < 1.29 is 0 Å². The number of rotatable bonds is 5. The summed E-state index contributed by atoms with van der Waals surface area (Å²) in [5.41, 5.74) is 4.97. The molecule has 20 heavy (non-hydrogen) atoms. The van der Waals surface area contributed by atoms with Crippen molar-refractivity contribution in [2.75, 3.05) is 6.54 Å². The fourth-order valence-electron chi connectivity index (χ4n) is 2.40. The summed E-state index contributed by atoms with van der Waals surface area (Å²) in [6, 6.07) is 15.1. The average molecular weight is 288 g/mol. The molecule has 0 aliphatic heterocycles. The first-order valence-corrected chi connectivity index (χ1v) is 7.56. The number of benzene rings is 2. The molecule has 0 fully saturated rings. The van der Waals surface area contributed by atoms with Crippen LogP contribution in [0.15, 0.2) is 42.5 Å². The molecule has 0 aliphatic carbocycles. The van der Waals surface area contributed by atoms with Gasteiger partial charge in [-0.25, -0.2) is 0 Å². The molecule has 2 aromatic carbocycles. The second kappa shape index (κ2) is 6.92. The molecule has 0 saturated carbocycles. The van der Waals surface area contributed by atoms with Crippen molar-refractivity contribution in [2.24, 2.45) is 0 Å². The molecule has 0 saturated heterocycles. The van der Waals surface area contributed by atoms with Crippen LogP contribution in [-0.2, 0) is 0 Å². The van der Waals surface area contributed by atoms with E-state index in [-0.39, 0.29) is 6.04 Å². The summed E-state index contributed by atoms with van der Waals surface area (Å²) in [5, 5.41) is 4.46. The monoisotopic (exact) mass is 287 g/mol. The molecule has 0 bridgehead atoms.